The molecule has 0 saturated carbocycles. The number of likely N-dealkylation sites (tertiary alicyclic amines) is 1. The Morgan fingerprint density at radius 3 is 2.84 bits per heavy atom. The van der Waals surface area contributed by atoms with Gasteiger partial charge in [-0.15, -0.1) is 0 Å². The van der Waals surface area contributed by atoms with Gasteiger partial charge in [0.25, 0.3) is 0 Å². The van der Waals surface area contributed by atoms with Crippen LogP contribution in [0.3, 0.4) is 0 Å². The fraction of sp³-hybridized carbons (Fsp3) is 0.538. The van der Waals surface area contributed by atoms with Gasteiger partial charge in [0.05, 0.1) is 26.2 Å². The molecule has 170 valence electrons. The second-order valence-electron chi connectivity index (χ2n) is 9.81. The molecule has 4 aliphatic heterocycles. The normalized spacial score (nSPS) is 27.8. The molecule has 4 nitrogen and oxygen atoms in total. The standard InChI is InChI=1S/C26H33ClFN4/c1-18-23(19(2)31-11-4-3-5-25(31)30-18)10-14-32(17-27)12-8-20(9-13-32)26-24-7-6-22(28)15-21(24)16-29-26/h6-7,15,20H,2-5,8-14,16-17H2,1H3/q+1. The van der Waals surface area contributed by atoms with Crippen LogP contribution < -0.4 is 0 Å². The molecule has 0 aromatic heterocycles. The summed E-state index contributed by atoms with van der Waals surface area (Å²) in [4.78, 5) is 12.0. The van der Waals surface area contributed by atoms with Crippen molar-refractivity contribution < 1.29 is 8.87 Å². The van der Waals surface area contributed by atoms with Crippen molar-refractivity contribution in [3.63, 3.8) is 0 Å². The second-order valence-corrected chi connectivity index (χ2v) is 10.0. The van der Waals surface area contributed by atoms with E-state index in [0.717, 1.165) is 78.9 Å². The molecule has 0 atom stereocenters. The van der Waals surface area contributed by atoms with Crippen LogP contribution in [0, 0.1) is 11.7 Å². The minimum Gasteiger partial charge on any atom is -0.330 e. The number of amidine groups is 1. The number of alkyl halides is 1. The van der Waals surface area contributed by atoms with Crippen molar-refractivity contribution in [2.75, 3.05) is 32.2 Å². The topological polar surface area (TPSA) is 28.0 Å². The Bertz CT molecular complexity index is 1020. The molecule has 0 unspecified atom stereocenters. The average molecular weight is 456 g/mol. The minimum atomic E-state index is -0.170. The van der Waals surface area contributed by atoms with Gasteiger partial charge in [0.15, 0.2) is 6.00 Å². The molecule has 2 fully saturated rings. The van der Waals surface area contributed by atoms with E-state index in [4.69, 9.17) is 21.6 Å². The monoisotopic (exact) mass is 455 g/mol. The Morgan fingerprint density at radius 1 is 1.25 bits per heavy atom. The molecule has 32 heavy (non-hydrogen) atoms. The highest BCUT2D eigenvalue weighted by Crippen LogP contribution is 2.35. The van der Waals surface area contributed by atoms with Gasteiger partial charge in [-0.3, -0.25) is 4.99 Å². The number of fused-ring (bicyclic) bond motifs is 2. The first-order valence-corrected chi connectivity index (χ1v) is 12.5. The molecule has 0 N–H and O–H groups in total. The lowest BCUT2D eigenvalue weighted by Gasteiger charge is -2.43. The minimum absolute atomic E-state index is 0.170. The fourth-order valence-corrected chi connectivity index (χ4v) is 6.23. The summed E-state index contributed by atoms with van der Waals surface area (Å²) in [7, 11) is 0. The Kier molecular flexibility index (Phi) is 5.98. The first-order chi connectivity index (χ1) is 15.5. The van der Waals surface area contributed by atoms with Crippen LogP contribution in [0.1, 0.15) is 56.6 Å². The summed E-state index contributed by atoms with van der Waals surface area (Å²) in [5, 5.41) is 0. The van der Waals surface area contributed by atoms with Crippen LogP contribution in [0.25, 0.3) is 0 Å². The molecule has 5 rings (SSSR count). The predicted octanol–water partition coefficient (Wildman–Crippen LogP) is 5.63. The van der Waals surface area contributed by atoms with Crippen LogP contribution in [0.4, 0.5) is 4.39 Å². The number of benzene rings is 1. The van der Waals surface area contributed by atoms with E-state index in [-0.39, 0.29) is 5.82 Å². The maximum atomic E-state index is 13.6. The maximum Gasteiger partial charge on any atom is 0.154 e. The van der Waals surface area contributed by atoms with Gasteiger partial charge < -0.3 is 9.38 Å². The van der Waals surface area contributed by atoms with Crippen LogP contribution in [0.2, 0.25) is 0 Å². The highest BCUT2D eigenvalue weighted by atomic mass is 35.5. The van der Waals surface area contributed by atoms with E-state index < -0.39 is 0 Å². The van der Waals surface area contributed by atoms with Crippen LogP contribution in [-0.2, 0) is 6.54 Å². The van der Waals surface area contributed by atoms with E-state index in [2.05, 4.69) is 18.4 Å². The lowest BCUT2D eigenvalue weighted by molar-refractivity contribution is -0.922. The quantitative estimate of drug-likeness (QED) is 0.321. The van der Waals surface area contributed by atoms with Gasteiger partial charge in [-0.1, -0.05) is 18.2 Å². The van der Waals surface area contributed by atoms with Crippen LogP contribution >= 0.6 is 11.6 Å². The zero-order chi connectivity index (χ0) is 22.3. The first kappa shape index (κ1) is 21.8. The van der Waals surface area contributed by atoms with Crippen molar-refractivity contribution in [3.05, 3.63) is 58.7 Å². The lowest BCUT2D eigenvalue weighted by atomic mass is 9.86. The molecule has 1 aromatic rings. The Morgan fingerprint density at radius 2 is 2.06 bits per heavy atom. The van der Waals surface area contributed by atoms with E-state index in [9.17, 15) is 4.39 Å². The van der Waals surface area contributed by atoms with E-state index >= 15 is 0 Å². The van der Waals surface area contributed by atoms with Gasteiger partial charge >= 0.3 is 0 Å². The maximum absolute atomic E-state index is 13.6. The summed E-state index contributed by atoms with van der Waals surface area (Å²) in [6.45, 7) is 11.4. The predicted molar refractivity (Wildman–Crippen MR) is 129 cm³/mol. The molecule has 0 spiro atoms. The number of quaternary nitrogens is 1. The third-order valence-electron chi connectivity index (χ3n) is 7.89. The average Bonchev–Trinajstić information content (AvgIpc) is 3.22. The highest BCUT2D eigenvalue weighted by molar-refractivity contribution is 6.17. The number of aliphatic imine (C=N–C) groups is 2. The van der Waals surface area contributed by atoms with Gasteiger partial charge in [0.1, 0.15) is 11.7 Å². The molecule has 2 saturated heterocycles. The molecule has 6 heteroatoms. The van der Waals surface area contributed by atoms with Crippen LogP contribution in [-0.4, -0.2) is 53.1 Å². The molecule has 4 aliphatic rings. The van der Waals surface area contributed by atoms with Crippen LogP contribution in [0.5, 0.6) is 0 Å². The van der Waals surface area contributed by atoms with Gasteiger partial charge in [-0.2, -0.15) is 0 Å². The lowest BCUT2D eigenvalue weighted by Crippen LogP contribution is -2.53. The van der Waals surface area contributed by atoms with Gasteiger partial charge in [0.2, 0.25) is 0 Å². The Balaban J connectivity index is 1.25. The molecule has 0 aliphatic carbocycles. The number of hydrogen-bond acceptors (Lipinski definition) is 3. The van der Waals surface area contributed by atoms with Crippen molar-refractivity contribution in [2.45, 2.75) is 52.0 Å². The van der Waals surface area contributed by atoms with Crippen molar-refractivity contribution >= 4 is 23.1 Å². The summed E-state index contributed by atoms with van der Waals surface area (Å²) in [5.41, 5.74) is 6.94. The van der Waals surface area contributed by atoms with E-state index in [1.807, 2.05) is 6.07 Å². The van der Waals surface area contributed by atoms with E-state index in [1.54, 1.807) is 12.1 Å². The summed E-state index contributed by atoms with van der Waals surface area (Å²) in [5.74, 6) is 1.47. The molecular formula is C26H33ClFN4+. The number of piperidine rings is 2. The first-order valence-electron chi connectivity index (χ1n) is 12.0. The summed E-state index contributed by atoms with van der Waals surface area (Å²) >= 11 is 6.57. The third kappa shape index (κ3) is 3.94. The molecular weight excluding hydrogens is 423 g/mol. The van der Waals surface area contributed by atoms with Gasteiger partial charge in [0, 0.05) is 66.4 Å². The van der Waals surface area contributed by atoms with E-state index in [0.29, 0.717) is 18.5 Å². The smallest absolute Gasteiger partial charge is 0.154 e. The summed E-state index contributed by atoms with van der Waals surface area (Å²) < 4.78 is 14.5. The van der Waals surface area contributed by atoms with Crippen molar-refractivity contribution in [2.24, 2.45) is 15.9 Å². The van der Waals surface area contributed by atoms with Crippen molar-refractivity contribution in [1.82, 2.24) is 4.90 Å². The highest BCUT2D eigenvalue weighted by Gasteiger charge is 2.37. The zero-order valence-corrected chi connectivity index (χ0v) is 19.8. The van der Waals surface area contributed by atoms with E-state index in [1.165, 1.54) is 30.0 Å². The Hall–Kier alpha value is -1.98. The Labute approximate surface area is 195 Å². The number of rotatable bonds is 5. The van der Waals surface area contributed by atoms with Crippen molar-refractivity contribution in [3.8, 4) is 0 Å². The fourth-order valence-electron chi connectivity index (χ4n) is 5.87. The van der Waals surface area contributed by atoms with Gasteiger partial charge in [-0.05, 0) is 43.5 Å². The van der Waals surface area contributed by atoms with Gasteiger partial charge in [-0.25, -0.2) is 9.38 Å². The molecule has 0 radical (unpaired) electrons. The largest absolute Gasteiger partial charge is 0.330 e. The van der Waals surface area contributed by atoms with Crippen molar-refractivity contribution in [1.29, 1.82) is 0 Å². The second kappa shape index (κ2) is 8.75. The van der Waals surface area contributed by atoms with Crippen LogP contribution in [0.15, 0.2) is 51.7 Å². The molecule has 1 aromatic carbocycles. The number of allylic oxidation sites excluding steroid dienone is 2. The summed E-state index contributed by atoms with van der Waals surface area (Å²) in [6, 6.07) is 5.74. The number of halogens is 2. The number of nitrogens with zero attached hydrogens (tertiary/aromatic N) is 4. The molecule has 4 heterocycles. The zero-order valence-electron chi connectivity index (χ0n) is 19.0. The summed E-state index contributed by atoms with van der Waals surface area (Å²) in [6.07, 6.45) is 6.63. The SMILES string of the molecule is C=C1C(CC[N+]2(CCl)CCC(C3=NCc4cc(F)ccc43)CC2)=C(C)N=C2CCCCN12. The third-order valence-corrected chi connectivity index (χ3v) is 8.40. The number of hydrogen-bond donors (Lipinski definition) is 0. The molecule has 0 bridgehead atoms. The molecule has 0 amide bonds.